The standard InChI is InChI=1S/C17H27IN2/c1-13(2)11-20(12-17-5-4-10-19-17)14(3)15-6-8-16(18)9-7-15/h6-9,13-14,17,19H,4-5,10-12H2,1-3H3. The smallest absolute Gasteiger partial charge is 0.0320 e. The van der Waals surface area contributed by atoms with Crippen LogP contribution in [0.1, 0.15) is 45.2 Å². The Balaban J connectivity index is 2.05. The van der Waals surface area contributed by atoms with Crippen molar-refractivity contribution in [2.24, 2.45) is 5.92 Å². The van der Waals surface area contributed by atoms with Gasteiger partial charge in [0.25, 0.3) is 0 Å². The highest BCUT2D eigenvalue weighted by Crippen LogP contribution is 2.23. The predicted octanol–water partition coefficient (Wildman–Crippen LogP) is 4.06. The summed E-state index contributed by atoms with van der Waals surface area (Å²) in [7, 11) is 0. The van der Waals surface area contributed by atoms with E-state index in [2.05, 4.69) is 77.8 Å². The van der Waals surface area contributed by atoms with Crippen LogP contribution in [0.2, 0.25) is 0 Å². The Morgan fingerprint density at radius 2 is 1.95 bits per heavy atom. The van der Waals surface area contributed by atoms with Crippen LogP contribution in [0.5, 0.6) is 0 Å². The monoisotopic (exact) mass is 386 g/mol. The lowest BCUT2D eigenvalue weighted by atomic mass is 10.0. The van der Waals surface area contributed by atoms with Gasteiger partial charge in [0.05, 0.1) is 0 Å². The number of benzene rings is 1. The van der Waals surface area contributed by atoms with Crippen LogP contribution in [0, 0.1) is 9.49 Å². The maximum Gasteiger partial charge on any atom is 0.0320 e. The zero-order chi connectivity index (χ0) is 14.5. The lowest BCUT2D eigenvalue weighted by Crippen LogP contribution is -2.40. The van der Waals surface area contributed by atoms with Gasteiger partial charge in [0.1, 0.15) is 0 Å². The highest BCUT2D eigenvalue weighted by atomic mass is 127. The van der Waals surface area contributed by atoms with Gasteiger partial charge in [-0.2, -0.15) is 0 Å². The fraction of sp³-hybridized carbons (Fsp3) is 0.647. The van der Waals surface area contributed by atoms with Crippen LogP contribution in [0.25, 0.3) is 0 Å². The second-order valence-corrected chi connectivity index (χ2v) is 7.61. The molecule has 1 fully saturated rings. The molecule has 2 rings (SSSR count). The summed E-state index contributed by atoms with van der Waals surface area (Å²) in [6.45, 7) is 10.5. The van der Waals surface area contributed by atoms with Crippen LogP contribution >= 0.6 is 22.6 Å². The van der Waals surface area contributed by atoms with E-state index in [1.165, 1.54) is 41.6 Å². The molecule has 1 aromatic rings. The molecule has 1 aliphatic heterocycles. The average Bonchev–Trinajstić information content (AvgIpc) is 2.90. The van der Waals surface area contributed by atoms with Crippen molar-refractivity contribution in [1.82, 2.24) is 10.2 Å². The van der Waals surface area contributed by atoms with Crippen LogP contribution in [0.15, 0.2) is 24.3 Å². The van der Waals surface area contributed by atoms with Gasteiger partial charge in [0.2, 0.25) is 0 Å². The van der Waals surface area contributed by atoms with Gasteiger partial charge in [-0.05, 0) is 72.5 Å². The van der Waals surface area contributed by atoms with Gasteiger partial charge >= 0.3 is 0 Å². The second-order valence-electron chi connectivity index (χ2n) is 6.37. The summed E-state index contributed by atoms with van der Waals surface area (Å²) in [4.78, 5) is 2.65. The molecule has 0 aliphatic carbocycles. The van der Waals surface area contributed by atoms with Crippen LogP contribution in [0.3, 0.4) is 0 Å². The fourth-order valence-corrected chi connectivity index (χ4v) is 3.37. The third kappa shape index (κ3) is 4.71. The Bertz CT molecular complexity index is 396. The van der Waals surface area contributed by atoms with Crippen LogP contribution < -0.4 is 5.32 Å². The van der Waals surface area contributed by atoms with E-state index in [1.54, 1.807) is 0 Å². The third-order valence-electron chi connectivity index (χ3n) is 4.12. The van der Waals surface area contributed by atoms with Crippen LogP contribution in [-0.4, -0.2) is 30.6 Å². The summed E-state index contributed by atoms with van der Waals surface area (Å²) in [5.41, 5.74) is 1.43. The van der Waals surface area contributed by atoms with E-state index in [0.29, 0.717) is 18.0 Å². The Labute approximate surface area is 137 Å². The van der Waals surface area contributed by atoms with Crippen molar-refractivity contribution in [3.63, 3.8) is 0 Å². The molecule has 1 aliphatic rings. The van der Waals surface area contributed by atoms with Crippen molar-refractivity contribution in [1.29, 1.82) is 0 Å². The third-order valence-corrected chi connectivity index (χ3v) is 4.84. The number of hydrogen-bond acceptors (Lipinski definition) is 2. The quantitative estimate of drug-likeness (QED) is 0.742. The molecule has 2 nitrogen and oxygen atoms in total. The highest BCUT2D eigenvalue weighted by molar-refractivity contribution is 14.1. The summed E-state index contributed by atoms with van der Waals surface area (Å²) < 4.78 is 1.31. The summed E-state index contributed by atoms with van der Waals surface area (Å²) in [5.74, 6) is 0.711. The minimum absolute atomic E-state index is 0.497. The minimum atomic E-state index is 0.497. The lowest BCUT2D eigenvalue weighted by molar-refractivity contribution is 0.171. The molecular formula is C17H27IN2. The van der Waals surface area contributed by atoms with Gasteiger partial charge in [-0.1, -0.05) is 26.0 Å². The number of hydrogen-bond donors (Lipinski definition) is 1. The summed E-state index contributed by atoms with van der Waals surface area (Å²) in [6, 6.07) is 10.2. The summed E-state index contributed by atoms with van der Waals surface area (Å²) >= 11 is 2.37. The van der Waals surface area contributed by atoms with E-state index in [0.717, 1.165) is 0 Å². The van der Waals surface area contributed by atoms with Crippen LogP contribution in [-0.2, 0) is 0 Å². The topological polar surface area (TPSA) is 15.3 Å². The van der Waals surface area contributed by atoms with Crippen molar-refractivity contribution in [2.45, 2.75) is 45.7 Å². The molecule has 3 heteroatoms. The fourth-order valence-electron chi connectivity index (χ4n) is 3.01. The van der Waals surface area contributed by atoms with Crippen molar-refractivity contribution in [3.8, 4) is 0 Å². The van der Waals surface area contributed by atoms with Crippen molar-refractivity contribution >= 4 is 22.6 Å². The molecule has 20 heavy (non-hydrogen) atoms. The molecule has 0 spiro atoms. The van der Waals surface area contributed by atoms with Gasteiger partial charge in [0.15, 0.2) is 0 Å². The number of rotatable bonds is 6. The Morgan fingerprint density at radius 3 is 2.50 bits per heavy atom. The molecule has 1 saturated heterocycles. The zero-order valence-corrected chi connectivity index (χ0v) is 15.1. The molecule has 2 atom stereocenters. The molecular weight excluding hydrogens is 359 g/mol. The molecule has 1 N–H and O–H groups in total. The van der Waals surface area contributed by atoms with E-state index in [1.807, 2.05) is 0 Å². The molecule has 0 aromatic heterocycles. The van der Waals surface area contributed by atoms with Crippen molar-refractivity contribution in [3.05, 3.63) is 33.4 Å². The Hall–Kier alpha value is -0.130. The summed E-state index contributed by atoms with van der Waals surface area (Å²) in [5, 5.41) is 3.63. The van der Waals surface area contributed by atoms with Gasteiger partial charge in [-0.3, -0.25) is 4.90 Å². The SMILES string of the molecule is CC(C)CN(CC1CCCN1)C(C)c1ccc(I)cc1. The Morgan fingerprint density at radius 1 is 1.25 bits per heavy atom. The minimum Gasteiger partial charge on any atom is -0.313 e. The van der Waals surface area contributed by atoms with E-state index in [-0.39, 0.29) is 0 Å². The van der Waals surface area contributed by atoms with Crippen molar-refractivity contribution < 1.29 is 0 Å². The van der Waals surface area contributed by atoms with Crippen LogP contribution in [0.4, 0.5) is 0 Å². The van der Waals surface area contributed by atoms with Gasteiger partial charge in [-0.25, -0.2) is 0 Å². The lowest BCUT2D eigenvalue weighted by Gasteiger charge is -2.33. The maximum absolute atomic E-state index is 3.63. The van der Waals surface area contributed by atoms with E-state index < -0.39 is 0 Å². The summed E-state index contributed by atoms with van der Waals surface area (Å²) in [6.07, 6.45) is 2.66. The van der Waals surface area contributed by atoms with Gasteiger partial charge in [-0.15, -0.1) is 0 Å². The molecule has 0 radical (unpaired) electrons. The normalized spacial score (nSPS) is 20.8. The first-order chi connectivity index (χ1) is 9.56. The predicted molar refractivity (Wildman–Crippen MR) is 95.0 cm³/mol. The second kappa shape index (κ2) is 7.76. The number of nitrogens with one attached hydrogen (secondary N) is 1. The molecule has 2 unspecified atom stereocenters. The van der Waals surface area contributed by atoms with E-state index in [4.69, 9.17) is 0 Å². The largest absolute Gasteiger partial charge is 0.313 e. The maximum atomic E-state index is 3.63. The molecule has 112 valence electrons. The first kappa shape index (κ1) is 16.2. The Kier molecular flexibility index (Phi) is 6.30. The molecule has 0 saturated carbocycles. The first-order valence-corrected chi connectivity index (χ1v) is 8.87. The van der Waals surface area contributed by atoms with Gasteiger partial charge in [0, 0.05) is 28.7 Å². The van der Waals surface area contributed by atoms with E-state index in [9.17, 15) is 0 Å². The van der Waals surface area contributed by atoms with E-state index >= 15 is 0 Å². The molecule has 1 aromatic carbocycles. The number of nitrogens with zero attached hydrogens (tertiary/aromatic N) is 1. The molecule has 1 heterocycles. The number of halogens is 1. The molecule has 0 amide bonds. The van der Waals surface area contributed by atoms with Crippen molar-refractivity contribution in [2.75, 3.05) is 19.6 Å². The van der Waals surface area contributed by atoms with Gasteiger partial charge < -0.3 is 5.32 Å². The zero-order valence-electron chi connectivity index (χ0n) is 12.9. The highest BCUT2D eigenvalue weighted by Gasteiger charge is 2.22. The first-order valence-electron chi connectivity index (χ1n) is 7.79. The molecule has 0 bridgehead atoms. The average molecular weight is 386 g/mol.